The first-order chi connectivity index (χ1) is 13.5. The highest BCUT2D eigenvalue weighted by Crippen LogP contribution is 2.24. The number of rotatable bonds is 11. The Kier molecular flexibility index (Phi) is 9.13. The molecule has 1 aromatic rings. The van der Waals surface area contributed by atoms with E-state index >= 15 is 0 Å². The molecule has 2 rings (SSSR count). The number of aliphatic hydroxyl groups excluding tert-OH is 2. The quantitative estimate of drug-likeness (QED) is 0.437. The Bertz CT molecular complexity index is 643. The summed E-state index contributed by atoms with van der Waals surface area (Å²) in [7, 11) is 0. The van der Waals surface area contributed by atoms with Crippen LogP contribution < -0.4 is 4.74 Å². The van der Waals surface area contributed by atoms with Crippen LogP contribution >= 0.6 is 0 Å². The summed E-state index contributed by atoms with van der Waals surface area (Å²) in [4.78, 5) is 24.0. The fraction of sp³-hybridized carbons (Fsp3) is 0.524. The molecule has 4 atom stereocenters. The molecule has 1 aromatic carbocycles. The number of esters is 1. The lowest BCUT2D eigenvalue weighted by molar-refractivity contribution is -0.164. The Morgan fingerprint density at radius 1 is 1.25 bits per heavy atom. The number of Topliss-reactive ketones (excluding diaryl/α,β-unsaturated/α-hetero) is 1. The molecule has 1 fully saturated rings. The topological polar surface area (TPSA) is 102 Å². The standard InChI is InChI=1S/C21H28O7/c1-2-3-4-8-11-19(25)28-21-18(24)12-17(23)20(21)27-14-15(22)13-26-16-9-6-5-7-10-16/h3-7,9-10,15,17,20-23H,2,8,11-14H2,1H3. The molecule has 1 aliphatic rings. The average Bonchev–Trinajstić information content (AvgIpc) is 2.95. The zero-order valence-corrected chi connectivity index (χ0v) is 16.0. The van der Waals surface area contributed by atoms with Crippen LogP contribution in [0.15, 0.2) is 42.5 Å². The van der Waals surface area contributed by atoms with E-state index in [2.05, 4.69) is 0 Å². The van der Waals surface area contributed by atoms with Crippen molar-refractivity contribution in [2.75, 3.05) is 13.2 Å². The number of carbonyl (C=O) groups is 2. The van der Waals surface area contributed by atoms with E-state index in [9.17, 15) is 19.8 Å². The van der Waals surface area contributed by atoms with Gasteiger partial charge in [-0.25, -0.2) is 0 Å². The van der Waals surface area contributed by atoms with Gasteiger partial charge in [-0.3, -0.25) is 9.59 Å². The fourth-order valence-corrected chi connectivity index (χ4v) is 2.82. The van der Waals surface area contributed by atoms with Crippen LogP contribution in [-0.2, 0) is 19.1 Å². The number of para-hydroxylation sites is 1. The Balaban J connectivity index is 1.79. The number of benzene rings is 1. The maximum atomic E-state index is 12.0. The molecule has 0 radical (unpaired) electrons. The van der Waals surface area contributed by atoms with Gasteiger partial charge < -0.3 is 24.4 Å². The van der Waals surface area contributed by atoms with Gasteiger partial charge in [0.1, 0.15) is 24.6 Å². The smallest absolute Gasteiger partial charge is 0.306 e. The number of ketones is 1. The monoisotopic (exact) mass is 392 g/mol. The summed E-state index contributed by atoms with van der Waals surface area (Å²) in [6.07, 6.45) is 1.06. The molecule has 0 heterocycles. The van der Waals surface area contributed by atoms with E-state index in [0.29, 0.717) is 12.2 Å². The van der Waals surface area contributed by atoms with Crippen molar-refractivity contribution in [1.82, 2.24) is 0 Å². The third kappa shape index (κ3) is 7.07. The van der Waals surface area contributed by atoms with Crippen LogP contribution in [-0.4, -0.2) is 59.6 Å². The summed E-state index contributed by atoms with van der Waals surface area (Å²) in [6.45, 7) is 1.83. The van der Waals surface area contributed by atoms with E-state index in [1.54, 1.807) is 12.1 Å². The van der Waals surface area contributed by atoms with E-state index in [4.69, 9.17) is 14.2 Å². The first-order valence-corrected chi connectivity index (χ1v) is 9.54. The lowest BCUT2D eigenvalue weighted by Crippen LogP contribution is -2.40. The van der Waals surface area contributed by atoms with Gasteiger partial charge >= 0.3 is 5.97 Å². The van der Waals surface area contributed by atoms with Gasteiger partial charge in [-0.2, -0.15) is 0 Å². The van der Waals surface area contributed by atoms with Gasteiger partial charge in [0.25, 0.3) is 0 Å². The third-order valence-electron chi connectivity index (χ3n) is 4.25. The van der Waals surface area contributed by atoms with Crippen LogP contribution in [0.3, 0.4) is 0 Å². The average molecular weight is 392 g/mol. The van der Waals surface area contributed by atoms with Crippen molar-refractivity contribution in [2.45, 2.75) is 57.0 Å². The largest absolute Gasteiger partial charge is 0.491 e. The summed E-state index contributed by atoms with van der Waals surface area (Å²) >= 11 is 0. The van der Waals surface area contributed by atoms with Gasteiger partial charge in [0.2, 0.25) is 0 Å². The molecule has 0 aromatic heterocycles. The summed E-state index contributed by atoms with van der Waals surface area (Å²) < 4.78 is 16.2. The van der Waals surface area contributed by atoms with Crippen LogP contribution in [0.4, 0.5) is 0 Å². The Morgan fingerprint density at radius 2 is 2.00 bits per heavy atom. The second kappa shape index (κ2) is 11.6. The predicted molar refractivity (Wildman–Crippen MR) is 102 cm³/mol. The van der Waals surface area contributed by atoms with Crippen molar-refractivity contribution in [2.24, 2.45) is 0 Å². The molecule has 1 saturated carbocycles. The highest BCUT2D eigenvalue weighted by Gasteiger charge is 2.45. The second-order valence-electron chi connectivity index (χ2n) is 6.64. The van der Waals surface area contributed by atoms with Crippen molar-refractivity contribution in [1.29, 1.82) is 0 Å². The fourth-order valence-electron chi connectivity index (χ4n) is 2.82. The summed E-state index contributed by atoms with van der Waals surface area (Å²) in [5, 5.41) is 20.1. The molecule has 0 bridgehead atoms. The molecule has 0 saturated heterocycles. The van der Waals surface area contributed by atoms with E-state index in [0.717, 1.165) is 6.42 Å². The first-order valence-electron chi connectivity index (χ1n) is 9.54. The van der Waals surface area contributed by atoms with Crippen LogP contribution in [0, 0.1) is 0 Å². The maximum Gasteiger partial charge on any atom is 0.306 e. The van der Waals surface area contributed by atoms with Gasteiger partial charge in [0.05, 0.1) is 12.7 Å². The maximum absolute atomic E-state index is 12.0. The molecule has 4 unspecified atom stereocenters. The van der Waals surface area contributed by atoms with Crippen LogP contribution in [0.2, 0.25) is 0 Å². The zero-order chi connectivity index (χ0) is 20.4. The first kappa shape index (κ1) is 22.1. The molecular formula is C21H28O7. The predicted octanol–water partition coefficient (Wildman–Crippen LogP) is 1.80. The zero-order valence-electron chi connectivity index (χ0n) is 16.0. The molecule has 0 aliphatic heterocycles. The van der Waals surface area contributed by atoms with Gasteiger partial charge in [-0.1, -0.05) is 37.3 Å². The van der Waals surface area contributed by atoms with Gasteiger partial charge in [0.15, 0.2) is 11.9 Å². The lowest BCUT2D eigenvalue weighted by atomic mass is 10.2. The number of hydrogen-bond donors (Lipinski definition) is 2. The highest BCUT2D eigenvalue weighted by molar-refractivity contribution is 5.89. The minimum atomic E-state index is -1.15. The van der Waals surface area contributed by atoms with Crippen LogP contribution in [0.25, 0.3) is 0 Å². The second-order valence-corrected chi connectivity index (χ2v) is 6.64. The molecule has 0 amide bonds. The van der Waals surface area contributed by atoms with Crippen molar-refractivity contribution in [3.05, 3.63) is 42.5 Å². The molecular weight excluding hydrogens is 364 g/mol. The van der Waals surface area contributed by atoms with E-state index in [-0.39, 0.29) is 31.8 Å². The van der Waals surface area contributed by atoms with Crippen molar-refractivity contribution < 1.29 is 34.0 Å². The van der Waals surface area contributed by atoms with Crippen LogP contribution in [0.5, 0.6) is 5.75 Å². The van der Waals surface area contributed by atoms with Gasteiger partial charge in [0, 0.05) is 12.8 Å². The van der Waals surface area contributed by atoms with Gasteiger partial charge in [-0.05, 0) is 25.0 Å². The van der Waals surface area contributed by atoms with Crippen molar-refractivity contribution >= 4 is 11.8 Å². The number of carbonyl (C=O) groups excluding carboxylic acids is 2. The minimum Gasteiger partial charge on any atom is -0.491 e. The number of hydrogen-bond acceptors (Lipinski definition) is 7. The van der Waals surface area contributed by atoms with Crippen LogP contribution in [0.1, 0.15) is 32.6 Å². The molecule has 7 heteroatoms. The van der Waals surface area contributed by atoms with Crippen molar-refractivity contribution in [3.8, 4) is 5.75 Å². The van der Waals surface area contributed by atoms with Gasteiger partial charge in [-0.15, -0.1) is 0 Å². The molecule has 0 spiro atoms. The summed E-state index contributed by atoms with van der Waals surface area (Å²) in [5.41, 5.74) is 0. The number of allylic oxidation sites excluding steroid dienone is 2. The molecule has 1 aliphatic carbocycles. The third-order valence-corrected chi connectivity index (χ3v) is 4.25. The molecule has 7 nitrogen and oxygen atoms in total. The molecule has 28 heavy (non-hydrogen) atoms. The van der Waals surface area contributed by atoms with E-state index in [1.165, 1.54) is 0 Å². The molecule has 154 valence electrons. The number of ether oxygens (including phenoxy) is 3. The number of aliphatic hydroxyl groups is 2. The van der Waals surface area contributed by atoms with Crippen molar-refractivity contribution in [3.63, 3.8) is 0 Å². The Morgan fingerprint density at radius 3 is 2.71 bits per heavy atom. The van der Waals surface area contributed by atoms with E-state index in [1.807, 2.05) is 37.3 Å². The normalized spacial score (nSPS) is 23.1. The minimum absolute atomic E-state index is 0.00497. The SMILES string of the molecule is CCC=CCCC(=O)OC1C(=O)CC(O)C1OCC(O)COc1ccccc1. The Labute approximate surface area is 164 Å². The molecule has 2 N–H and O–H groups in total. The summed E-state index contributed by atoms with van der Waals surface area (Å²) in [6, 6.07) is 9.01. The summed E-state index contributed by atoms with van der Waals surface area (Å²) in [5.74, 6) is -0.290. The lowest BCUT2D eigenvalue weighted by Gasteiger charge is -2.23. The van der Waals surface area contributed by atoms with E-state index < -0.39 is 30.4 Å². The highest BCUT2D eigenvalue weighted by atomic mass is 16.6. The Hall–Kier alpha value is -2.22.